The monoisotopic (exact) mass is 215 g/mol. The fraction of sp³-hybridized carbons (Fsp3) is 0.111. The van der Waals surface area contributed by atoms with Crippen LogP contribution in [-0.2, 0) is 0 Å². The summed E-state index contributed by atoms with van der Waals surface area (Å²) in [7, 11) is 0. The van der Waals surface area contributed by atoms with E-state index >= 15 is 0 Å². The summed E-state index contributed by atoms with van der Waals surface area (Å²) in [5, 5.41) is 11.0. The Morgan fingerprint density at radius 1 is 1.31 bits per heavy atom. The second kappa shape index (κ2) is 3.02. The van der Waals surface area contributed by atoms with E-state index in [1.54, 1.807) is 6.20 Å². The smallest absolute Gasteiger partial charge is 0.185 e. The van der Waals surface area contributed by atoms with Gasteiger partial charge in [0.2, 0.25) is 0 Å². The van der Waals surface area contributed by atoms with Crippen molar-refractivity contribution in [3.05, 3.63) is 18.0 Å². The number of fused-ring (bicyclic) bond motifs is 1. The Morgan fingerprint density at radius 3 is 2.94 bits per heavy atom. The Labute approximate surface area is 90.1 Å². The van der Waals surface area contributed by atoms with Gasteiger partial charge in [-0.05, 0) is 12.5 Å². The largest absolute Gasteiger partial charge is 0.383 e. The van der Waals surface area contributed by atoms with Crippen LogP contribution in [0.3, 0.4) is 0 Å². The molecule has 0 amide bonds. The van der Waals surface area contributed by atoms with E-state index in [4.69, 9.17) is 5.73 Å². The summed E-state index contributed by atoms with van der Waals surface area (Å²) < 4.78 is 0. The van der Waals surface area contributed by atoms with E-state index in [1.165, 1.54) is 0 Å². The normalized spacial score (nSPS) is 11.1. The highest BCUT2D eigenvalue weighted by molar-refractivity contribution is 5.90. The van der Waals surface area contributed by atoms with Gasteiger partial charge in [0.25, 0.3) is 0 Å². The van der Waals surface area contributed by atoms with Crippen molar-refractivity contribution >= 4 is 16.9 Å². The van der Waals surface area contributed by atoms with Crippen LogP contribution in [0.15, 0.2) is 12.4 Å². The summed E-state index contributed by atoms with van der Waals surface area (Å²) >= 11 is 0. The molecule has 80 valence electrons. The standard InChI is InChI=1S/C9H9N7/c1-4-2-11-9-6(4)7(10)13-8(14-9)5-3-12-16-15-5/h2-3H,1H3,(H,12,15,16)(H3,10,11,13,14). The molecular weight excluding hydrogens is 206 g/mol. The van der Waals surface area contributed by atoms with E-state index in [9.17, 15) is 0 Å². The van der Waals surface area contributed by atoms with E-state index in [1.807, 2.05) is 13.1 Å². The van der Waals surface area contributed by atoms with E-state index in [-0.39, 0.29) is 0 Å². The van der Waals surface area contributed by atoms with Gasteiger partial charge in [-0.3, -0.25) is 0 Å². The lowest BCUT2D eigenvalue weighted by molar-refractivity contribution is 0.939. The molecule has 4 N–H and O–H groups in total. The van der Waals surface area contributed by atoms with Crippen molar-refractivity contribution in [2.24, 2.45) is 0 Å². The molecule has 0 aromatic carbocycles. The fourth-order valence-corrected chi connectivity index (χ4v) is 1.64. The first-order valence-corrected chi connectivity index (χ1v) is 4.73. The molecule has 3 aromatic heterocycles. The summed E-state index contributed by atoms with van der Waals surface area (Å²) in [5.41, 5.74) is 8.19. The molecule has 0 saturated heterocycles. The van der Waals surface area contributed by atoms with Crippen molar-refractivity contribution in [1.82, 2.24) is 30.4 Å². The Bertz CT molecular complexity index is 637. The molecule has 3 aromatic rings. The van der Waals surface area contributed by atoms with Crippen LogP contribution in [0.1, 0.15) is 5.56 Å². The van der Waals surface area contributed by atoms with Crippen LogP contribution in [0.4, 0.5) is 5.82 Å². The Kier molecular flexibility index (Phi) is 1.67. The van der Waals surface area contributed by atoms with Gasteiger partial charge < -0.3 is 10.7 Å². The summed E-state index contributed by atoms with van der Waals surface area (Å²) in [6, 6.07) is 0. The molecule has 0 aliphatic heterocycles. The number of nitrogens with zero attached hydrogens (tertiary/aromatic N) is 4. The lowest BCUT2D eigenvalue weighted by Gasteiger charge is -1.99. The lowest BCUT2D eigenvalue weighted by Crippen LogP contribution is -1.97. The fourth-order valence-electron chi connectivity index (χ4n) is 1.64. The predicted octanol–water partition coefficient (Wildman–Crippen LogP) is 0.634. The highest BCUT2D eigenvalue weighted by atomic mass is 15.3. The summed E-state index contributed by atoms with van der Waals surface area (Å²) in [4.78, 5) is 11.6. The minimum absolute atomic E-state index is 0.446. The van der Waals surface area contributed by atoms with Crippen LogP contribution in [0.25, 0.3) is 22.6 Å². The number of aryl methyl sites for hydroxylation is 1. The van der Waals surface area contributed by atoms with Crippen LogP contribution < -0.4 is 5.73 Å². The van der Waals surface area contributed by atoms with Gasteiger partial charge in [-0.15, -0.1) is 0 Å². The van der Waals surface area contributed by atoms with Gasteiger partial charge in [0, 0.05) is 6.20 Å². The minimum Gasteiger partial charge on any atom is -0.383 e. The third-order valence-corrected chi connectivity index (χ3v) is 2.40. The number of nitrogens with two attached hydrogens (primary N) is 1. The van der Waals surface area contributed by atoms with Gasteiger partial charge in [0.15, 0.2) is 5.82 Å². The zero-order valence-electron chi connectivity index (χ0n) is 8.52. The molecule has 0 saturated carbocycles. The van der Waals surface area contributed by atoms with Gasteiger partial charge in [0.05, 0.1) is 11.6 Å². The molecule has 0 aliphatic carbocycles. The molecule has 0 spiro atoms. The first-order chi connectivity index (χ1) is 7.75. The topological polar surface area (TPSA) is 109 Å². The average Bonchev–Trinajstić information content (AvgIpc) is 2.87. The van der Waals surface area contributed by atoms with Gasteiger partial charge in [-0.25, -0.2) is 9.97 Å². The number of aromatic nitrogens is 6. The van der Waals surface area contributed by atoms with Crippen molar-refractivity contribution in [3.8, 4) is 11.5 Å². The SMILES string of the molecule is Cc1c[nH]c2nc(-c3cn[nH]n3)nc(N)c12. The number of nitrogens with one attached hydrogen (secondary N) is 2. The number of rotatable bonds is 1. The van der Waals surface area contributed by atoms with Crippen LogP contribution >= 0.6 is 0 Å². The molecule has 0 fully saturated rings. The lowest BCUT2D eigenvalue weighted by atomic mass is 10.2. The van der Waals surface area contributed by atoms with Gasteiger partial charge >= 0.3 is 0 Å². The Morgan fingerprint density at radius 2 is 2.19 bits per heavy atom. The Hall–Kier alpha value is -2.44. The summed E-state index contributed by atoms with van der Waals surface area (Å²) in [6.07, 6.45) is 3.40. The van der Waals surface area contributed by atoms with Crippen molar-refractivity contribution in [1.29, 1.82) is 0 Å². The number of nitrogen functional groups attached to an aromatic ring is 1. The van der Waals surface area contributed by atoms with Crippen LogP contribution in [-0.4, -0.2) is 30.4 Å². The molecule has 0 atom stereocenters. The van der Waals surface area contributed by atoms with E-state index < -0.39 is 0 Å². The van der Waals surface area contributed by atoms with E-state index in [2.05, 4.69) is 30.4 Å². The van der Waals surface area contributed by atoms with Crippen molar-refractivity contribution < 1.29 is 0 Å². The number of hydrogen-bond acceptors (Lipinski definition) is 5. The predicted molar refractivity (Wildman–Crippen MR) is 58.4 cm³/mol. The average molecular weight is 215 g/mol. The molecule has 0 radical (unpaired) electrons. The number of anilines is 1. The van der Waals surface area contributed by atoms with Crippen molar-refractivity contribution in [2.45, 2.75) is 6.92 Å². The molecule has 0 aliphatic rings. The van der Waals surface area contributed by atoms with Crippen LogP contribution in [0.2, 0.25) is 0 Å². The third kappa shape index (κ3) is 1.14. The van der Waals surface area contributed by atoms with Crippen molar-refractivity contribution in [2.75, 3.05) is 5.73 Å². The van der Waals surface area contributed by atoms with Gasteiger partial charge in [-0.1, -0.05) is 0 Å². The quantitative estimate of drug-likeness (QED) is 0.551. The molecule has 0 bridgehead atoms. The van der Waals surface area contributed by atoms with E-state index in [0.717, 1.165) is 10.9 Å². The second-order valence-corrected chi connectivity index (χ2v) is 3.48. The highest BCUT2D eigenvalue weighted by Gasteiger charge is 2.11. The van der Waals surface area contributed by atoms with Crippen LogP contribution in [0, 0.1) is 6.92 Å². The maximum atomic E-state index is 5.88. The third-order valence-electron chi connectivity index (χ3n) is 2.40. The molecule has 16 heavy (non-hydrogen) atoms. The zero-order valence-corrected chi connectivity index (χ0v) is 8.52. The maximum Gasteiger partial charge on any atom is 0.185 e. The highest BCUT2D eigenvalue weighted by Crippen LogP contribution is 2.23. The number of H-pyrrole nitrogens is 2. The first kappa shape index (κ1) is 8.84. The van der Waals surface area contributed by atoms with Crippen LogP contribution in [0.5, 0.6) is 0 Å². The molecule has 3 heterocycles. The first-order valence-electron chi connectivity index (χ1n) is 4.73. The van der Waals surface area contributed by atoms with Crippen molar-refractivity contribution in [3.63, 3.8) is 0 Å². The molecule has 7 heteroatoms. The molecule has 3 rings (SSSR count). The molecular formula is C9H9N7. The second-order valence-electron chi connectivity index (χ2n) is 3.48. The van der Waals surface area contributed by atoms with Gasteiger partial charge in [-0.2, -0.15) is 15.4 Å². The summed E-state index contributed by atoms with van der Waals surface area (Å²) in [5.74, 6) is 0.905. The molecule has 7 nitrogen and oxygen atoms in total. The Balaban J connectivity index is 2.30. The number of hydrogen-bond donors (Lipinski definition) is 3. The summed E-state index contributed by atoms with van der Waals surface area (Å²) in [6.45, 7) is 1.95. The minimum atomic E-state index is 0.446. The van der Waals surface area contributed by atoms with E-state index in [0.29, 0.717) is 23.0 Å². The molecule has 0 unspecified atom stereocenters. The maximum absolute atomic E-state index is 5.88. The zero-order chi connectivity index (χ0) is 11.1. The van der Waals surface area contributed by atoms with Gasteiger partial charge in [0.1, 0.15) is 17.2 Å². The number of aromatic amines is 2.